The normalized spacial score (nSPS) is 10.9. The van der Waals surface area contributed by atoms with Crippen LogP contribution >= 0.6 is 0 Å². The van der Waals surface area contributed by atoms with Gasteiger partial charge < -0.3 is 20.7 Å². The Morgan fingerprint density at radius 3 is 2.72 bits per heavy atom. The molecule has 0 aliphatic carbocycles. The minimum atomic E-state index is -0.0326. The number of nitrogen functional groups attached to an aromatic ring is 1. The number of rotatable bonds is 6. The molecule has 8 nitrogen and oxygen atoms in total. The maximum atomic E-state index is 13.1. The van der Waals surface area contributed by atoms with Gasteiger partial charge in [-0.1, -0.05) is 30.3 Å². The largest absolute Gasteiger partial charge is 0.508 e. The van der Waals surface area contributed by atoms with Gasteiger partial charge in [0.1, 0.15) is 23.7 Å². The molecule has 4 aromatic rings. The fraction of sp³-hybridized carbons (Fsp3) is 0.167. The topological polar surface area (TPSA) is 130 Å². The minimum absolute atomic E-state index is 0.0326. The maximum Gasteiger partial charge on any atom is 0.258 e. The van der Waals surface area contributed by atoms with Crippen molar-refractivity contribution in [3.8, 4) is 5.75 Å². The Balaban J connectivity index is 1.73. The molecule has 0 radical (unpaired) electrons. The van der Waals surface area contributed by atoms with Crippen molar-refractivity contribution in [1.29, 1.82) is 5.41 Å². The monoisotopic (exact) mass is 428 g/mol. The highest BCUT2D eigenvalue weighted by molar-refractivity contribution is 6.16. The van der Waals surface area contributed by atoms with Gasteiger partial charge in [0.25, 0.3) is 5.56 Å². The molecule has 0 saturated heterocycles. The fourth-order valence-corrected chi connectivity index (χ4v) is 3.88. The van der Waals surface area contributed by atoms with Crippen LogP contribution in [-0.2, 0) is 13.1 Å². The van der Waals surface area contributed by atoms with Gasteiger partial charge in [0.15, 0.2) is 0 Å². The number of hydrogen-bond acceptors (Lipinski definition) is 7. The van der Waals surface area contributed by atoms with E-state index in [9.17, 15) is 9.90 Å². The second-order valence-corrected chi connectivity index (χ2v) is 7.49. The minimum Gasteiger partial charge on any atom is -0.508 e. The number of pyridine rings is 1. The second-order valence-electron chi connectivity index (χ2n) is 7.49. The molecule has 162 valence electrons. The third-order valence-corrected chi connectivity index (χ3v) is 5.45. The molecule has 2 aromatic carbocycles. The van der Waals surface area contributed by atoms with Gasteiger partial charge >= 0.3 is 0 Å². The van der Waals surface area contributed by atoms with Crippen LogP contribution in [0.5, 0.6) is 5.75 Å². The van der Waals surface area contributed by atoms with Crippen LogP contribution in [0.2, 0.25) is 0 Å². The van der Waals surface area contributed by atoms with E-state index in [-0.39, 0.29) is 22.8 Å². The SMILES string of the molecule is CCn1c(CNc2ncnc(N)c2C(=N)c2cccc(O)c2)cc2cccc(C)c2c1=O. The molecule has 0 saturated carbocycles. The molecule has 0 bridgehead atoms. The van der Waals surface area contributed by atoms with E-state index in [2.05, 4.69) is 15.3 Å². The summed E-state index contributed by atoms with van der Waals surface area (Å²) in [5.74, 6) is 0.582. The molecule has 0 fully saturated rings. The number of phenolic OH excluding ortho intramolecular Hbond substituents is 1. The van der Waals surface area contributed by atoms with Gasteiger partial charge in [0, 0.05) is 17.8 Å². The number of aromatic hydroxyl groups is 1. The number of hydrogen-bond donors (Lipinski definition) is 4. The fourth-order valence-electron chi connectivity index (χ4n) is 3.88. The predicted octanol–water partition coefficient (Wildman–Crippen LogP) is 3.44. The van der Waals surface area contributed by atoms with Crippen molar-refractivity contribution < 1.29 is 5.11 Å². The van der Waals surface area contributed by atoms with Crippen molar-refractivity contribution in [2.45, 2.75) is 26.9 Å². The van der Waals surface area contributed by atoms with Gasteiger partial charge in [-0.15, -0.1) is 0 Å². The summed E-state index contributed by atoms with van der Waals surface area (Å²) in [6.07, 6.45) is 1.33. The zero-order valence-corrected chi connectivity index (χ0v) is 17.9. The van der Waals surface area contributed by atoms with Gasteiger partial charge in [-0.3, -0.25) is 10.2 Å². The quantitative estimate of drug-likeness (QED) is 0.348. The Morgan fingerprint density at radius 1 is 1.19 bits per heavy atom. The van der Waals surface area contributed by atoms with Gasteiger partial charge in [-0.25, -0.2) is 9.97 Å². The highest BCUT2D eigenvalue weighted by Gasteiger charge is 2.17. The molecule has 2 heterocycles. The lowest BCUT2D eigenvalue weighted by atomic mass is 10.0. The summed E-state index contributed by atoms with van der Waals surface area (Å²) in [6.45, 7) is 4.70. The first-order valence-electron chi connectivity index (χ1n) is 10.3. The molecule has 32 heavy (non-hydrogen) atoms. The first-order chi connectivity index (χ1) is 15.4. The van der Waals surface area contributed by atoms with E-state index in [4.69, 9.17) is 11.1 Å². The number of anilines is 2. The van der Waals surface area contributed by atoms with E-state index in [0.29, 0.717) is 30.0 Å². The van der Waals surface area contributed by atoms with Crippen LogP contribution in [0.1, 0.15) is 29.3 Å². The first kappa shape index (κ1) is 21.0. The van der Waals surface area contributed by atoms with E-state index in [1.807, 2.05) is 38.1 Å². The maximum absolute atomic E-state index is 13.1. The number of nitrogens with zero attached hydrogens (tertiary/aromatic N) is 3. The number of nitrogens with one attached hydrogen (secondary N) is 2. The first-order valence-corrected chi connectivity index (χ1v) is 10.3. The number of aryl methyl sites for hydroxylation is 1. The molecule has 0 atom stereocenters. The predicted molar refractivity (Wildman–Crippen MR) is 126 cm³/mol. The third-order valence-electron chi connectivity index (χ3n) is 5.45. The second kappa shape index (κ2) is 8.50. The average Bonchev–Trinajstić information content (AvgIpc) is 2.77. The lowest BCUT2D eigenvalue weighted by molar-refractivity contribution is 0.475. The molecule has 2 aromatic heterocycles. The van der Waals surface area contributed by atoms with Gasteiger partial charge in [-0.2, -0.15) is 0 Å². The average molecular weight is 428 g/mol. The van der Waals surface area contributed by atoms with Crippen molar-refractivity contribution in [3.63, 3.8) is 0 Å². The number of fused-ring (bicyclic) bond motifs is 1. The van der Waals surface area contributed by atoms with Crippen LogP contribution < -0.4 is 16.6 Å². The molecule has 5 N–H and O–H groups in total. The van der Waals surface area contributed by atoms with Crippen LogP contribution in [-0.4, -0.2) is 25.4 Å². The van der Waals surface area contributed by atoms with Gasteiger partial charge in [0.05, 0.1) is 23.2 Å². The van der Waals surface area contributed by atoms with Crippen LogP contribution in [0.4, 0.5) is 11.6 Å². The van der Waals surface area contributed by atoms with Crippen molar-refractivity contribution in [1.82, 2.24) is 14.5 Å². The summed E-state index contributed by atoms with van der Waals surface area (Å²) in [4.78, 5) is 21.4. The molecule has 0 unspecified atom stereocenters. The number of benzene rings is 2. The van der Waals surface area contributed by atoms with E-state index in [1.165, 1.54) is 18.5 Å². The summed E-state index contributed by atoms with van der Waals surface area (Å²) < 4.78 is 1.73. The zero-order chi connectivity index (χ0) is 22.8. The molecule has 0 spiro atoms. The Morgan fingerprint density at radius 2 is 1.97 bits per heavy atom. The van der Waals surface area contributed by atoms with E-state index < -0.39 is 0 Å². The molecule has 0 aliphatic heterocycles. The number of aromatic nitrogens is 3. The van der Waals surface area contributed by atoms with Crippen molar-refractivity contribution in [2.75, 3.05) is 11.1 Å². The van der Waals surface area contributed by atoms with Gasteiger partial charge in [0.2, 0.25) is 0 Å². The standard InChI is InChI=1S/C24H24N6O2/c1-3-30-17(10-15-7-4-6-14(2)19(15)24(30)32)12-27-23-20(22(26)28-13-29-23)21(25)16-8-5-9-18(31)11-16/h4-11,13,25,31H,3,12H2,1-2H3,(H3,26,27,28,29). The Labute approximate surface area is 184 Å². The van der Waals surface area contributed by atoms with E-state index >= 15 is 0 Å². The summed E-state index contributed by atoms with van der Waals surface area (Å²) in [6, 6.07) is 14.2. The molecule has 0 aliphatic rings. The Kier molecular flexibility index (Phi) is 5.59. The summed E-state index contributed by atoms with van der Waals surface area (Å²) in [5, 5.41) is 23.2. The molecule has 8 heteroatoms. The molecular formula is C24H24N6O2. The number of nitrogens with two attached hydrogens (primary N) is 1. The Hall–Kier alpha value is -4.20. The van der Waals surface area contributed by atoms with Gasteiger partial charge in [-0.05, 0) is 43.0 Å². The highest BCUT2D eigenvalue weighted by atomic mass is 16.3. The summed E-state index contributed by atoms with van der Waals surface area (Å²) in [7, 11) is 0. The van der Waals surface area contributed by atoms with Crippen LogP contribution in [0.3, 0.4) is 0 Å². The zero-order valence-electron chi connectivity index (χ0n) is 17.9. The van der Waals surface area contributed by atoms with Crippen molar-refractivity contribution in [3.05, 3.63) is 87.6 Å². The highest BCUT2D eigenvalue weighted by Crippen LogP contribution is 2.24. The van der Waals surface area contributed by atoms with Crippen LogP contribution in [0.15, 0.2) is 59.7 Å². The Bertz CT molecular complexity index is 1390. The van der Waals surface area contributed by atoms with E-state index in [1.54, 1.807) is 16.7 Å². The van der Waals surface area contributed by atoms with Crippen molar-refractivity contribution in [2.24, 2.45) is 0 Å². The number of phenols is 1. The van der Waals surface area contributed by atoms with Crippen LogP contribution in [0, 0.1) is 12.3 Å². The lowest BCUT2D eigenvalue weighted by Gasteiger charge is -2.17. The molecule has 0 amide bonds. The van der Waals surface area contributed by atoms with Crippen molar-refractivity contribution >= 4 is 28.1 Å². The lowest BCUT2D eigenvalue weighted by Crippen LogP contribution is -2.25. The molecule has 4 rings (SSSR count). The summed E-state index contributed by atoms with van der Waals surface area (Å²) >= 11 is 0. The van der Waals surface area contributed by atoms with E-state index in [0.717, 1.165) is 22.0 Å². The van der Waals surface area contributed by atoms with Crippen LogP contribution in [0.25, 0.3) is 10.8 Å². The summed E-state index contributed by atoms with van der Waals surface area (Å²) in [5.41, 5.74) is 8.70. The molecular weight excluding hydrogens is 404 g/mol. The smallest absolute Gasteiger partial charge is 0.258 e. The third kappa shape index (κ3) is 3.78.